The first-order valence-corrected chi connectivity index (χ1v) is 5.40. The van der Waals surface area contributed by atoms with Crippen LogP contribution in [0.2, 0.25) is 5.02 Å². The molecule has 4 heteroatoms. The van der Waals surface area contributed by atoms with Crippen LogP contribution < -0.4 is 5.32 Å². The predicted octanol–water partition coefficient (Wildman–Crippen LogP) is 3.41. The lowest BCUT2D eigenvalue weighted by Crippen LogP contribution is -2.19. The molecule has 1 atom stereocenters. The first kappa shape index (κ1) is 11.6. The molecule has 0 aliphatic rings. The third-order valence-corrected chi connectivity index (χ3v) is 2.81. The SMILES string of the molecule is CC(C)C(Cl)CNc1ccc(Cl)cn1. The van der Waals surface area contributed by atoms with Crippen LogP contribution in [-0.4, -0.2) is 16.9 Å². The summed E-state index contributed by atoms with van der Waals surface area (Å²) in [6.07, 6.45) is 1.61. The Hall–Kier alpha value is -0.470. The van der Waals surface area contributed by atoms with E-state index in [1.54, 1.807) is 12.3 Å². The van der Waals surface area contributed by atoms with Gasteiger partial charge in [0.25, 0.3) is 0 Å². The van der Waals surface area contributed by atoms with Gasteiger partial charge in [0.1, 0.15) is 5.82 Å². The van der Waals surface area contributed by atoms with Gasteiger partial charge in [-0.25, -0.2) is 4.98 Å². The molecule has 0 saturated carbocycles. The van der Waals surface area contributed by atoms with Gasteiger partial charge in [0, 0.05) is 12.7 Å². The van der Waals surface area contributed by atoms with Crippen molar-refractivity contribution < 1.29 is 0 Å². The highest BCUT2D eigenvalue weighted by molar-refractivity contribution is 6.30. The first-order chi connectivity index (χ1) is 6.59. The van der Waals surface area contributed by atoms with E-state index in [1.165, 1.54) is 0 Å². The zero-order chi connectivity index (χ0) is 10.6. The van der Waals surface area contributed by atoms with Gasteiger partial charge in [-0.05, 0) is 18.1 Å². The lowest BCUT2D eigenvalue weighted by molar-refractivity contribution is 0.615. The Balaban J connectivity index is 2.42. The number of aromatic nitrogens is 1. The van der Waals surface area contributed by atoms with E-state index in [1.807, 2.05) is 6.07 Å². The maximum absolute atomic E-state index is 6.08. The monoisotopic (exact) mass is 232 g/mol. The number of hydrogen-bond acceptors (Lipinski definition) is 2. The topological polar surface area (TPSA) is 24.9 Å². The van der Waals surface area contributed by atoms with Gasteiger partial charge in [-0.1, -0.05) is 25.4 Å². The van der Waals surface area contributed by atoms with Crippen molar-refractivity contribution in [2.75, 3.05) is 11.9 Å². The lowest BCUT2D eigenvalue weighted by Gasteiger charge is -2.14. The van der Waals surface area contributed by atoms with Crippen LogP contribution in [-0.2, 0) is 0 Å². The summed E-state index contributed by atoms with van der Waals surface area (Å²) in [4.78, 5) is 4.11. The van der Waals surface area contributed by atoms with Crippen molar-refractivity contribution in [2.45, 2.75) is 19.2 Å². The normalized spacial score (nSPS) is 12.9. The zero-order valence-electron chi connectivity index (χ0n) is 8.30. The Morgan fingerprint density at radius 2 is 2.14 bits per heavy atom. The summed E-state index contributed by atoms with van der Waals surface area (Å²) in [5.41, 5.74) is 0. The van der Waals surface area contributed by atoms with E-state index in [9.17, 15) is 0 Å². The molecule has 1 unspecified atom stereocenters. The van der Waals surface area contributed by atoms with Crippen molar-refractivity contribution in [1.29, 1.82) is 0 Å². The van der Waals surface area contributed by atoms with Crippen molar-refractivity contribution in [3.8, 4) is 0 Å². The van der Waals surface area contributed by atoms with Gasteiger partial charge < -0.3 is 5.32 Å². The highest BCUT2D eigenvalue weighted by atomic mass is 35.5. The average molecular weight is 233 g/mol. The van der Waals surface area contributed by atoms with Crippen LogP contribution in [0.3, 0.4) is 0 Å². The highest BCUT2D eigenvalue weighted by Crippen LogP contribution is 2.12. The Kier molecular flexibility index (Phi) is 4.49. The molecule has 0 aliphatic carbocycles. The molecule has 1 rings (SSSR count). The van der Waals surface area contributed by atoms with E-state index in [-0.39, 0.29) is 5.38 Å². The molecule has 78 valence electrons. The molecule has 0 saturated heterocycles. The fourth-order valence-electron chi connectivity index (χ4n) is 0.918. The van der Waals surface area contributed by atoms with E-state index in [4.69, 9.17) is 23.2 Å². The second kappa shape index (κ2) is 5.42. The third kappa shape index (κ3) is 3.72. The summed E-state index contributed by atoms with van der Waals surface area (Å²) >= 11 is 11.8. The Morgan fingerprint density at radius 3 is 2.64 bits per heavy atom. The molecular formula is C10H14Cl2N2. The summed E-state index contributed by atoms with van der Waals surface area (Å²) in [6, 6.07) is 3.64. The van der Waals surface area contributed by atoms with Crippen molar-refractivity contribution in [3.05, 3.63) is 23.4 Å². The molecular weight excluding hydrogens is 219 g/mol. The fraction of sp³-hybridized carbons (Fsp3) is 0.500. The maximum Gasteiger partial charge on any atom is 0.126 e. The first-order valence-electron chi connectivity index (χ1n) is 4.59. The number of alkyl halides is 1. The van der Waals surface area contributed by atoms with Crippen LogP contribution in [0.1, 0.15) is 13.8 Å². The van der Waals surface area contributed by atoms with Gasteiger partial charge in [-0.3, -0.25) is 0 Å². The quantitative estimate of drug-likeness (QED) is 0.806. The van der Waals surface area contributed by atoms with Crippen LogP contribution in [0.5, 0.6) is 0 Å². The largest absolute Gasteiger partial charge is 0.369 e. The van der Waals surface area contributed by atoms with Crippen molar-refractivity contribution in [3.63, 3.8) is 0 Å². The summed E-state index contributed by atoms with van der Waals surface area (Å²) in [6.45, 7) is 4.90. The minimum Gasteiger partial charge on any atom is -0.369 e. The molecule has 1 heterocycles. The number of anilines is 1. The summed E-state index contributed by atoms with van der Waals surface area (Å²) in [5, 5.41) is 3.91. The number of rotatable bonds is 4. The molecule has 0 fully saturated rings. The van der Waals surface area contributed by atoms with Crippen LogP contribution in [0.25, 0.3) is 0 Å². The molecule has 2 nitrogen and oxygen atoms in total. The van der Waals surface area contributed by atoms with Gasteiger partial charge in [0.15, 0.2) is 0 Å². The molecule has 0 radical (unpaired) electrons. The average Bonchev–Trinajstić information content (AvgIpc) is 2.16. The van der Waals surface area contributed by atoms with E-state index >= 15 is 0 Å². The Labute approximate surface area is 94.6 Å². The number of pyridine rings is 1. The minimum absolute atomic E-state index is 0.118. The second-order valence-electron chi connectivity index (χ2n) is 3.50. The van der Waals surface area contributed by atoms with Gasteiger partial charge in [0.2, 0.25) is 0 Å². The van der Waals surface area contributed by atoms with E-state index in [2.05, 4.69) is 24.1 Å². The summed E-state index contributed by atoms with van der Waals surface area (Å²) in [5.74, 6) is 1.26. The molecule has 1 aromatic rings. The van der Waals surface area contributed by atoms with Gasteiger partial charge >= 0.3 is 0 Å². The molecule has 14 heavy (non-hydrogen) atoms. The second-order valence-corrected chi connectivity index (χ2v) is 4.50. The summed E-state index contributed by atoms with van der Waals surface area (Å²) in [7, 11) is 0. The zero-order valence-corrected chi connectivity index (χ0v) is 9.81. The van der Waals surface area contributed by atoms with Gasteiger partial charge in [-0.15, -0.1) is 11.6 Å². The number of halogens is 2. The summed E-state index contributed by atoms with van der Waals surface area (Å²) < 4.78 is 0. The van der Waals surface area contributed by atoms with Gasteiger partial charge in [-0.2, -0.15) is 0 Å². The van der Waals surface area contributed by atoms with Crippen LogP contribution in [0, 0.1) is 5.92 Å². The molecule has 1 N–H and O–H groups in total. The standard InChI is InChI=1S/C10H14Cl2N2/c1-7(2)9(12)6-14-10-4-3-8(11)5-13-10/h3-5,7,9H,6H2,1-2H3,(H,13,14). The fourth-order valence-corrected chi connectivity index (χ4v) is 1.11. The molecule has 0 aliphatic heterocycles. The maximum atomic E-state index is 6.08. The van der Waals surface area contributed by atoms with Crippen LogP contribution >= 0.6 is 23.2 Å². The van der Waals surface area contributed by atoms with Crippen molar-refractivity contribution in [1.82, 2.24) is 4.98 Å². The highest BCUT2D eigenvalue weighted by Gasteiger charge is 2.08. The number of nitrogens with zero attached hydrogens (tertiary/aromatic N) is 1. The Bertz CT molecular complexity index is 272. The van der Waals surface area contributed by atoms with E-state index in [0.717, 1.165) is 5.82 Å². The Morgan fingerprint density at radius 1 is 1.43 bits per heavy atom. The van der Waals surface area contributed by atoms with Crippen LogP contribution in [0.4, 0.5) is 5.82 Å². The van der Waals surface area contributed by atoms with E-state index < -0.39 is 0 Å². The molecule has 0 aromatic carbocycles. The molecule has 0 bridgehead atoms. The molecule has 1 aromatic heterocycles. The predicted molar refractivity (Wildman–Crippen MR) is 62.2 cm³/mol. The minimum atomic E-state index is 0.118. The molecule has 0 spiro atoms. The number of hydrogen-bond donors (Lipinski definition) is 1. The smallest absolute Gasteiger partial charge is 0.126 e. The third-order valence-electron chi connectivity index (χ3n) is 1.93. The van der Waals surface area contributed by atoms with E-state index in [0.29, 0.717) is 17.5 Å². The lowest BCUT2D eigenvalue weighted by atomic mass is 10.1. The number of nitrogens with one attached hydrogen (secondary N) is 1. The van der Waals surface area contributed by atoms with Gasteiger partial charge in [0.05, 0.1) is 10.4 Å². The van der Waals surface area contributed by atoms with Crippen molar-refractivity contribution in [2.24, 2.45) is 5.92 Å². The van der Waals surface area contributed by atoms with Crippen molar-refractivity contribution >= 4 is 29.0 Å². The van der Waals surface area contributed by atoms with Crippen LogP contribution in [0.15, 0.2) is 18.3 Å². The molecule has 0 amide bonds.